The molecule has 5 nitrogen and oxygen atoms in total. The van der Waals surface area contributed by atoms with Crippen molar-refractivity contribution in [2.75, 3.05) is 0 Å². The summed E-state index contributed by atoms with van der Waals surface area (Å²) in [6.45, 7) is -0.117. The SMILES string of the molecule is NCc1c(F)cccc1S(=O)(=O)NCc1ccoc1. The number of furan rings is 1. The molecule has 0 aliphatic rings. The maximum absolute atomic E-state index is 13.5. The van der Waals surface area contributed by atoms with Crippen LogP contribution in [-0.2, 0) is 23.1 Å². The predicted molar refractivity (Wildman–Crippen MR) is 67.0 cm³/mol. The normalized spacial score (nSPS) is 11.7. The van der Waals surface area contributed by atoms with E-state index in [2.05, 4.69) is 4.72 Å². The first-order valence-corrected chi connectivity index (χ1v) is 7.01. The number of nitrogens with two attached hydrogens (primary N) is 1. The van der Waals surface area contributed by atoms with E-state index >= 15 is 0 Å². The highest BCUT2D eigenvalue weighted by atomic mass is 32.2. The number of halogens is 1. The van der Waals surface area contributed by atoms with E-state index in [1.807, 2.05) is 0 Å². The fourth-order valence-electron chi connectivity index (χ4n) is 1.64. The van der Waals surface area contributed by atoms with E-state index in [4.69, 9.17) is 10.2 Å². The predicted octanol–water partition coefficient (Wildman–Crippen LogP) is 1.36. The average Bonchev–Trinajstić information content (AvgIpc) is 2.89. The Balaban J connectivity index is 2.27. The summed E-state index contributed by atoms with van der Waals surface area (Å²) in [5, 5.41) is 0. The standard InChI is InChI=1S/C12H13FN2O3S/c13-11-2-1-3-12(10(11)6-14)19(16,17)15-7-9-4-5-18-8-9/h1-5,8,15H,6-7,14H2. The van der Waals surface area contributed by atoms with Gasteiger partial charge in [0.15, 0.2) is 0 Å². The van der Waals surface area contributed by atoms with E-state index in [0.717, 1.165) is 0 Å². The molecule has 0 bridgehead atoms. The van der Waals surface area contributed by atoms with Crippen LogP contribution in [0, 0.1) is 5.82 Å². The Morgan fingerprint density at radius 2 is 2.11 bits per heavy atom. The van der Waals surface area contributed by atoms with Gasteiger partial charge in [-0.1, -0.05) is 6.07 Å². The number of benzene rings is 1. The Kier molecular flexibility index (Phi) is 3.98. The van der Waals surface area contributed by atoms with Gasteiger partial charge in [0.1, 0.15) is 5.82 Å². The van der Waals surface area contributed by atoms with Crippen LogP contribution in [0.25, 0.3) is 0 Å². The molecule has 2 rings (SSSR count). The van der Waals surface area contributed by atoms with Gasteiger partial charge in [0, 0.05) is 24.2 Å². The van der Waals surface area contributed by atoms with Gasteiger partial charge in [-0.3, -0.25) is 0 Å². The molecule has 0 aliphatic heterocycles. The smallest absolute Gasteiger partial charge is 0.241 e. The first-order valence-electron chi connectivity index (χ1n) is 5.53. The molecule has 1 heterocycles. The molecule has 102 valence electrons. The van der Waals surface area contributed by atoms with Crippen molar-refractivity contribution < 1.29 is 17.2 Å². The fourth-order valence-corrected chi connectivity index (χ4v) is 2.91. The van der Waals surface area contributed by atoms with Crippen LogP contribution in [0.2, 0.25) is 0 Å². The third-order valence-corrected chi connectivity index (χ3v) is 4.10. The van der Waals surface area contributed by atoms with Gasteiger partial charge in [-0.05, 0) is 18.2 Å². The van der Waals surface area contributed by atoms with E-state index in [-0.39, 0.29) is 23.5 Å². The Morgan fingerprint density at radius 3 is 2.74 bits per heavy atom. The van der Waals surface area contributed by atoms with Crippen LogP contribution in [0.15, 0.2) is 46.1 Å². The lowest BCUT2D eigenvalue weighted by atomic mass is 10.2. The summed E-state index contributed by atoms with van der Waals surface area (Å²) in [6, 6.07) is 5.47. The molecule has 1 aromatic heterocycles. The second kappa shape index (κ2) is 5.52. The van der Waals surface area contributed by atoms with Gasteiger partial charge in [-0.15, -0.1) is 0 Å². The molecule has 0 radical (unpaired) electrons. The third kappa shape index (κ3) is 3.01. The van der Waals surface area contributed by atoms with Crippen LogP contribution in [-0.4, -0.2) is 8.42 Å². The van der Waals surface area contributed by atoms with Crippen LogP contribution in [0.3, 0.4) is 0 Å². The van der Waals surface area contributed by atoms with E-state index in [0.29, 0.717) is 5.56 Å². The van der Waals surface area contributed by atoms with Crippen molar-refractivity contribution in [3.05, 3.63) is 53.7 Å². The zero-order valence-electron chi connectivity index (χ0n) is 9.97. The minimum Gasteiger partial charge on any atom is -0.472 e. The molecule has 0 spiro atoms. The average molecular weight is 284 g/mol. The Bertz CT molecular complexity index is 654. The lowest BCUT2D eigenvalue weighted by Crippen LogP contribution is -2.25. The second-order valence-corrected chi connectivity index (χ2v) is 5.61. The van der Waals surface area contributed by atoms with Crippen LogP contribution < -0.4 is 10.5 Å². The molecule has 0 saturated heterocycles. The Morgan fingerprint density at radius 1 is 1.32 bits per heavy atom. The molecular formula is C12H13FN2O3S. The van der Waals surface area contributed by atoms with Gasteiger partial charge in [0.25, 0.3) is 0 Å². The molecule has 7 heteroatoms. The topological polar surface area (TPSA) is 85.3 Å². The van der Waals surface area contributed by atoms with Crippen LogP contribution >= 0.6 is 0 Å². The van der Waals surface area contributed by atoms with Crippen molar-refractivity contribution in [1.29, 1.82) is 0 Å². The van der Waals surface area contributed by atoms with E-state index in [1.165, 1.54) is 30.7 Å². The summed E-state index contributed by atoms with van der Waals surface area (Å²) in [7, 11) is -3.81. The van der Waals surface area contributed by atoms with Crippen molar-refractivity contribution in [2.24, 2.45) is 5.73 Å². The summed E-state index contributed by atoms with van der Waals surface area (Å²) < 4.78 is 44.9. The van der Waals surface area contributed by atoms with Crippen molar-refractivity contribution in [2.45, 2.75) is 18.0 Å². The lowest BCUT2D eigenvalue weighted by Gasteiger charge is -2.10. The van der Waals surface area contributed by atoms with Gasteiger partial charge >= 0.3 is 0 Å². The summed E-state index contributed by atoms with van der Waals surface area (Å²) >= 11 is 0. The molecule has 19 heavy (non-hydrogen) atoms. The Labute approximate surface area is 110 Å². The minimum absolute atomic E-state index is 0.0257. The molecule has 0 aliphatic carbocycles. The molecule has 0 amide bonds. The zero-order valence-corrected chi connectivity index (χ0v) is 10.8. The molecule has 0 fully saturated rings. The van der Waals surface area contributed by atoms with Gasteiger partial charge in [-0.2, -0.15) is 0 Å². The maximum atomic E-state index is 13.5. The summed E-state index contributed by atoms with van der Waals surface area (Å²) in [5.41, 5.74) is 6.04. The van der Waals surface area contributed by atoms with Crippen molar-refractivity contribution in [3.8, 4) is 0 Å². The number of sulfonamides is 1. The second-order valence-electron chi connectivity index (χ2n) is 3.88. The van der Waals surface area contributed by atoms with Crippen molar-refractivity contribution >= 4 is 10.0 Å². The summed E-state index contributed by atoms with van der Waals surface area (Å²) in [5.74, 6) is -0.631. The number of hydrogen-bond acceptors (Lipinski definition) is 4. The summed E-state index contributed by atoms with van der Waals surface area (Å²) in [4.78, 5) is -0.140. The zero-order chi connectivity index (χ0) is 13.9. The third-order valence-electron chi connectivity index (χ3n) is 2.62. The van der Waals surface area contributed by atoms with Crippen LogP contribution in [0.1, 0.15) is 11.1 Å². The van der Waals surface area contributed by atoms with Gasteiger partial charge in [0.2, 0.25) is 10.0 Å². The summed E-state index contributed by atoms with van der Waals surface area (Å²) in [6.07, 6.45) is 2.87. The molecule has 2 aromatic rings. The first kappa shape index (κ1) is 13.7. The van der Waals surface area contributed by atoms with Gasteiger partial charge in [-0.25, -0.2) is 17.5 Å². The first-order chi connectivity index (χ1) is 9.04. The molecule has 0 saturated carbocycles. The van der Waals surface area contributed by atoms with E-state index in [1.54, 1.807) is 6.07 Å². The highest BCUT2D eigenvalue weighted by molar-refractivity contribution is 7.89. The number of hydrogen-bond donors (Lipinski definition) is 2. The highest BCUT2D eigenvalue weighted by Crippen LogP contribution is 2.18. The largest absolute Gasteiger partial charge is 0.472 e. The van der Waals surface area contributed by atoms with Gasteiger partial charge < -0.3 is 10.2 Å². The lowest BCUT2D eigenvalue weighted by molar-refractivity contribution is 0.559. The molecule has 0 unspecified atom stereocenters. The quantitative estimate of drug-likeness (QED) is 0.868. The molecule has 0 atom stereocenters. The van der Waals surface area contributed by atoms with Crippen LogP contribution in [0.5, 0.6) is 0 Å². The maximum Gasteiger partial charge on any atom is 0.241 e. The highest BCUT2D eigenvalue weighted by Gasteiger charge is 2.20. The molecule has 3 N–H and O–H groups in total. The molecule has 1 aromatic carbocycles. The Hall–Kier alpha value is -1.70. The fraction of sp³-hybridized carbons (Fsp3) is 0.167. The van der Waals surface area contributed by atoms with Crippen LogP contribution in [0.4, 0.5) is 4.39 Å². The van der Waals surface area contributed by atoms with Gasteiger partial charge in [0.05, 0.1) is 17.4 Å². The van der Waals surface area contributed by atoms with E-state index < -0.39 is 15.8 Å². The van der Waals surface area contributed by atoms with Crippen molar-refractivity contribution in [3.63, 3.8) is 0 Å². The number of nitrogens with one attached hydrogen (secondary N) is 1. The molecular weight excluding hydrogens is 271 g/mol. The monoisotopic (exact) mass is 284 g/mol. The van der Waals surface area contributed by atoms with Crippen molar-refractivity contribution in [1.82, 2.24) is 4.72 Å². The van der Waals surface area contributed by atoms with E-state index in [9.17, 15) is 12.8 Å². The number of rotatable bonds is 5. The minimum atomic E-state index is -3.81.